The average molecular weight is 298 g/mol. The number of benzene rings is 1. The number of nitrogens with two attached hydrogens (primary N) is 1. The summed E-state index contributed by atoms with van der Waals surface area (Å²) in [5, 5.41) is 2.58. The number of carbonyl (C=O) groups excluding carboxylic acids is 1. The van der Waals surface area contributed by atoms with Gasteiger partial charge in [0.15, 0.2) is 0 Å². The van der Waals surface area contributed by atoms with Crippen LogP contribution >= 0.6 is 11.8 Å². The number of anilines is 1. The van der Waals surface area contributed by atoms with Crippen molar-refractivity contribution in [2.45, 2.75) is 24.0 Å². The maximum Gasteiger partial charge on any atom is 0.233 e. The van der Waals surface area contributed by atoms with Gasteiger partial charge in [0.05, 0.1) is 18.5 Å². The minimum atomic E-state index is -0.231. The highest BCUT2D eigenvalue weighted by Crippen LogP contribution is 2.32. The van der Waals surface area contributed by atoms with Gasteiger partial charge in [0.2, 0.25) is 5.91 Å². The summed E-state index contributed by atoms with van der Waals surface area (Å²) in [5.41, 5.74) is 6.58. The molecule has 0 radical (unpaired) electrons. The Morgan fingerprint density at radius 2 is 2.25 bits per heavy atom. The van der Waals surface area contributed by atoms with Crippen LogP contribution in [-0.4, -0.2) is 38.0 Å². The van der Waals surface area contributed by atoms with E-state index >= 15 is 0 Å². The molecule has 112 valence electrons. The normalized spacial score (nSPS) is 11.9. The summed E-state index contributed by atoms with van der Waals surface area (Å²) in [6.45, 7) is 5.38. The predicted molar refractivity (Wildman–Crippen MR) is 82.2 cm³/mol. The van der Waals surface area contributed by atoms with Crippen molar-refractivity contribution in [3.63, 3.8) is 0 Å². The molecule has 0 bridgehead atoms. The van der Waals surface area contributed by atoms with Crippen LogP contribution in [0.15, 0.2) is 23.1 Å². The van der Waals surface area contributed by atoms with Gasteiger partial charge < -0.3 is 20.5 Å². The van der Waals surface area contributed by atoms with Crippen molar-refractivity contribution in [2.24, 2.45) is 0 Å². The lowest BCUT2D eigenvalue weighted by Gasteiger charge is -2.14. The van der Waals surface area contributed by atoms with Crippen molar-refractivity contribution in [1.29, 1.82) is 0 Å². The monoisotopic (exact) mass is 298 g/mol. The van der Waals surface area contributed by atoms with Crippen LogP contribution in [0.2, 0.25) is 0 Å². The van der Waals surface area contributed by atoms with Gasteiger partial charge in [-0.15, -0.1) is 11.8 Å². The van der Waals surface area contributed by atoms with E-state index in [1.165, 1.54) is 11.8 Å². The molecule has 0 spiro atoms. The van der Waals surface area contributed by atoms with Crippen LogP contribution < -0.4 is 15.8 Å². The van der Waals surface area contributed by atoms with E-state index in [0.717, 1.165) is 10.6 Å². The van der Waals surface area contributed by atoms with Gasteiger partial charge >= 0.3 is 0 Å². The summed E-state index contributed by atoms with van der Waals surface area (Å²) in [6.07, 6.45) is 0. The summed E-state index contributed by atoms with van der Waals surface area (Å²) in [4.78, 5) is 12.7. The van der Waals surface area contributed by atoms with Crippen molar-refractivity contribution in [1.82, 2.24) is 5.32 Å². The van der Waals surface area contributed by atoms with Gasteiger partial charge in [0, 0.05) is 24.2 Å². The molecule has 0 aliphatic heterocycles. The van der Waals surface area contributed by atoms with Gasteiger partial charge in [-0.1, -0.05) is 0 Å². The van der Waals surface area contributed by atoms with Gasteiger partial charge in [0.1, 0.15) is 5.75 Å². The van der Waals surface area contributed by atoms with Crippen LogP contribution in [-0.2, 0) is 9.53 Å². The molecule has 0 fully saturated rings. The zero-order chi connectivity index (χ0) is 15.0. The number of thioether (sulfide) groups is 1. The lowest BCUT2D eigenvalue weighted by atomic mass is 10.3. The number of amides is 1. The van der Waals surface area contributed by atoms with Crippen LogP contribution in [0.25, 0.3) is 0 Å². The molecule has 1 rings (SSSR count). The Kier molecular flexibility index (Phi) is 7.25. The summed E-state index contributed by atoms with van der Waals surface area (Å²) in [7, 11) is 1.60. The summed E-state index contributed by atoms with van der Waals surface area (Å²) >= 11 is 1.42. The number of methoxy groups -OCH3 is 1. The van der Waals surface area contributed by atoms with Crippen LogP contribution in [0.4, 0.5) is 5.69 Å². The maximum atomic E-state index is 11.9. The Morgan fingerprint density at radius 1 is 1.50 bits per heavy atom. The molecule has 1 aromatic carbocycles. The average Bonchev–Trinajstić information content (AvgIpc) is 2.43. The van der Waals surface area contributed by atoms with Crippen LogP contribution in [0.1, 0.15) is 13.8 Å². The first-order chi connectivity index (χ1) is 9.58. The van der Waals surface area contributed by atoms with E-state index < -0.39 is 0 Å². The minimum absolute atomic E-state index is 0.0340. The highest BCUT2D eigenvalue weighted by molar-refractivity contribution is 8.00. The third-order valence-electron chi connectivity index (χ3n) is 2.57. The van der Waals surface area contributed by atoms with Crippen LogP contribution in [0.5, 0.6) is 5.75 Å². The minimum Gasteiger partial charge on any atom is -0.494 e. The van der Waals surface area contributed by atoms with E-state index in [4.69, 9.17) is 15.2 Å². The Hall–Kier alpha value is -1.40. The lowest BCUT2D eigenvalue weighted by molar-refractivity contribution is -0.120. The molecule has 0 aromatic heterocycles. The molecule has 0 saturated carbocycles. The number of hydrogen-bond donors (Lipinski definition) is 2. The van der Waals surface area contributed by atoms with E-state index in [2.05, 4.69) is 5.32 Å². The summed E-state index contributed by atoms with van der Waals surface area (Å²) < 4.78 is 10.3. The topological polar surface area (TPSA) is 73.6 Å². The Balaban J connectivity index is 2.62. The Bertz CT molecular complexity index is 440. The molecule has 20 heavy (non-hydrogen) atoms. The maximum absolute atomic E-state index is 11.9. The molecule has 0 aliphatic carbocycles. The molecule has 0 saturated heterocycles. The molecular weight excluding hydrogens is 276 g/mol. The van der Waals surface area contributed by atoms with Crippen molar-refractivity contribution >= 4 is 23.4 Å². The molecule has 1 unspecified atom stereocenters. The van der Waals surface area contributed by atoms with Gasteiger partial charge in [0.25, 0.3) is 0 Å². The fourth-order valence-corrected chi connectivity index (χ4v) is 2.50. The number of rotatable bonds is 8. The molecule has 6 heteroatoms. The third-order valence-corrected chi connectivity index (χ3v) is 3.75. The number of nitrogen functional groups attached to an aromatic ring is 1. The van der Waals surface area contributed by atoms with Gasteiger partial charge in [-0.25, -0.2) is 0 Å². The fourth-order valence-electron chi connectivity index (χ4n) is 1.54. The van der Waals surface area contributed by atoms with Gasteiger partial charge in [-0.05, 0) is 32.0 Å². The first-order valence-corrected chi connectivity index (χ1v) is 7.42. The van der Waals surface area contributed by atoms with E-state index in [1.54, 1.807) is 13.2 Å². The summed E-state index contributed by atoms with van der Waals surface area (Å²) in [5.74, 6) is 0.726. The number of ether oxygens (including phenoxy) is 2. The zero-order valence-electron chi connectivity index (χ0n) is 12.1. The van der Waals surface area contributed by atoms with Crippen molar-refractivity contribution in [2.75, 3.05) is 32.6 Å². The van der Waals surface area contributed by atoms with E-state index in [9.17, 15) is 4.79 Å². The molecular formula is C14H22N2O3S. The van der Waals surface area contributed by atoms with Crippen LogP contribution in [0, 0.1) is 0 Å². The first kappa shape index (κ1) is 16.7. The first-order valence-electron chi connectivity index (χ1n) is 6.54. The van der Waals surface area contributed by atoms with E-state index in [1.807, 2.05) is 26.0 Å². The van der Waals surface area contributed by atoms with Crippen molar-refractivity contribution in [3.05, 3.63) is 18.2 Å². The Morgan fingerprint density at radius 3 is 2.90 bits per heavy atom. The predicted octanol–water partition coefficient (Wildman–Crippen LogP) is 1.91. The lowest BCUT2D eigenvalue weighted by Crippen LogP contribution is -2.33. The van der Waals surface area contributed by atoms with E-state index in [-0.39, 0.29) is 11.2 Å². The van der Waals surface area contributed by atoms with Crippen molar-refractivity contribution < 1.29 is 14.3 Å². The SMILES string of the molecule is CCOc1ccc(N)c(SC(C)C(=O)NCCOC)c1. The van der Waals surface area contributed by atoms with Crippen LogP contribution in [0.3, 0.4) is 0 Å². The molecule has 1 atom stereocenters. The highest BCUT2D eigenvalue weighted by Gasteiger charge is 2.15. The van der Waals surface area contributed by atoms with E-state index in [0.29, 0.717) is 25.4 Å². The number of nitrogens with one attached hydrogen (secondary N) is 1. The highest BCUT2D eigenvalue weighted by atomic mass is 32.2. The zero-order valence-corrected chi connectivity index (χ0v) is 13.0. The molecule has 1 aromatic rings. The second-order valence-electron chi connectivity index (χ2n) is 4.18. The second kappa shape index (κ2) is 8.71. The van der Waals surface area contributed by atoms with Crippen molar-refractivity contribution in [3.8, 4) is 5.75 Å². The third kappa shape index (κ3) is 5.30. The standard InChI is InChI=1S/C14H22N2O3S/c1-4-19-11-5-6-12(15)13(9-11)20-10(2)14(17)16-7-8-18-3/h5-6,9-10H,4,7-8,15H2,1-3H3,(H,16,17). The van der Waals surface area contributed by atoms with Gasteiger partial charge in [-0.3, -0.25) is 4.79 Å². The molecule has 3 N–H and O–H groups in total. The fraction of sp³-hybridized carbons (Fsp3) is 0.500. The molecule has 1 amide bonds. The molecule has 5 nitrogen and oxygen atoms in total. The largest absolute Gasteiger partial charge is 0.494 e. The van der Waals surface area contributed by atoms with Gasteiger partial charge in [-0.2, -0.15) is 0 Å². The quantitative estimate of drug-likeness (QED) is 0.436. The number of hydrogen-bond acceptors (Lipinski definition) is 5. The molecule has 0 heterocycles. The number of carbonyl (C=O) groups is 1. The Labute approximate surface area is 124 Å². The second-order valence-corrected chi connectivity index (χ2v) is 5.56. The summed E-state index contributed by atoms with van der Waals surface area (Å²) in [6, 6.07) is 5.48. The smallest absolute Gasteiger partial charge is 0.233 e. The molecule has 0 aliphatic rings.